The molecule has 108 valence electrons. The Labute approximate surface area is 124 Å². The van der Waals surface area contributed by atoms with Crippen LogP contribution in [0.5, 0.6) is 0 Å². The average molecular weight is 282 g/mol. The zero-order valence-electron chi connectivity index (χ0n) is 12.0. The quantitative estimate of drug-likeness (QED) is 0.877. The lowest BCUT2D eigenvalue weighted by Crippen LogP contribution is -2.21. The van der Waals surface area contributed by atoms with Gasteiger partial charge in [0, 0.05) is 5.92 Å². The van der Waals surface area contributed by atoms with Crippen LogP contribution in [0.15, 0.2) is 48.5 Å². The van der Waals surface area contributed by atoms with Crippen LogP contribution in [0, 0.1) is 0 Å². The van der Waals surface area contributed by atoms with Crippen LogP contribution >= 0.6 is 0 Å². The molecule has 2 aromatic rings. The van der Waals surface area contributed by atoms with Crippen LogP contribution in [0.1, 0.15) is 36.5 Å². The van der Waals surface area contributed by atoms with Gasteiger partial charge < -0.3 is 9.84 Å². The maximum Gasteiger partial charge on any atom is 0.306 e. The highest BCUT2D eigenvalue weighted by Gasteiger charge is 2.33. The number of carbonyl (C=O) groups excluding carboxylic acids is 1. The van der Waals surface area contributed by atoms with Crippen LogP contribution in [0.4, 0.5) is 0 Å². The van der Waals surface area contributed by atoms with Gasteiger partial charge in [-0.3, -0.25) is 4.79 Å². The Morgan fingerprint density at radius 2 is 1.62 bits per heavy atom. The van der Waals surface area contributed by atoms with E-state index in [4.69, 9.17) is 4.74 Å². The van der Waals surface area contributed by atoms with E-state index in [1.54, 1.807) is 6.92 Å². The van der Waals surface area contributed by atoms with E-state index in [9.17, 15) is 9.90 Å². The van der Waals surface area contributed by atoms with Gasteiger partial charge in [-0.25, -0.2) is 0 Å². The molecule has 2 atom stereocenters. The van der Waals surface area contributed by atoms with Gasteiger partial charge in [0.2, 0.25) is 0 Å². The minimum absolute atomic E-state index is 0.195. The number of hydrogen-bond acceptors (Lipinski definition) is 3. The van der Waals surface area contributed by atoms with Crippen molar-refractivity contribution in [3.8, 4) is 11.1 Å². The fraction of sp³-hybridized carbons (Fsp3) is 0.278. The third-order valence-electron chi connectivity index (χ3n) is 4.00. The first-order valence-corrected chi connectivity index (χ1v) is 7.24. The molecule has 3 heteroatoms. The predicted molar refractivity (Wildman–Crippen MR) is 80.8 cm³/mol. The third-order valence-corrected chi connectivity index (χ3v) is 4.00. The molecule has 0 unspecified atom stereocenters. The lowest BCUT2D eigenvalue weighted by atomic mass is 9.75. The van der Waals surface area contributed by atoms with Crippen LogP contribution in [0.2, 0.25) is 0 Å². The van der Waals surface area contributed by atoms with E-state index in [0.717, 1.165) is 22.3 Å². The van der Waals surface area contributed by atoms with Crippen LogP contribution in [0.3, 0.4) is 0 Å². The van der Waals surface area contributed by atoms with Crippen LogP contribution < -0.4 is 0 Å². The van der Waals surface area contributed by atoms with Gasteiger partial charge in [0.25, 0.3) is 0 Å². The zero-order valence-corrected chi connectivity index (χ0v) is 12.0. The second kappa shape index (κ2) is 5.70. The highest BCUT2D eigenvalue weighted by Crippen LogP contribution is 2.46. The molecule has 0 spiro atoms. The van der Waals surface area contributed by atoms with Gasteiger partial charge in [0.05, 0.1) is 19.1 Å². The van der Waals surface area contributed by atoms with Gasteiger partial charge in [0.1, 0.15) is 0 Å². The Bertz CT molecular complexity index is 663. The van der Waals surface area contributed by atoms with Crippen molar-refractivity contribution in [3.05, 3.63) is 59.7 Å². The number of benzene rings is 2. The highest BCUT2D eigenvalue weighted by atomic mass is 16.5. The second-order valence-corrected chi connectivity index (χ2v) is 5.23. The maximum absolute atomic E-state index is 11.8. The van der Waals surface area contributed by atoms with Crippen molar-refractivity contribution in [2.24, 2.45) is 0 Å². The lowest BCUT2D eigenvalue weighted by Gasteiger charge is -2.31. The van der Waals surface area contributed by atoms with Gasteiger partial charge in [0.15, 0.2) is 0 Å². The van der Waals surface area contributed by atoms with E-state index in [0.29, 0.717) is 6.61 Å². The Hall–Kier alpha value is -2.13. The van der Waals surface area contributed by atoms with Crippen molar-refractivity contribution in [1.29, 1.82) is 0 Å². The lowest BCUT2D eigenvalue weighted by molar-refractivity contribution is -0.144. The summed E-state index contributed by atoms with van der Waals surface area (Å²) in [4.78, 5) is 11.8. The number of carbonyl (C=O) groups is 1. The van der Waals surface area contributed by atoms with Crippen LogP contribution in [-0.4, -0.2) is 17.7 Å². The summed E-state index contributed by atoms with van der Waals surface area (Å²) in [6.45, 7) is 2.15. The molecule has 0 amide bonds. The molecule has 3 rings (SSSR count). The number of hydrogen-bond donors (Lipinski definition) is 1. The summed E-state index contributed by atoms with van der Waals surface area (Å²) in [5.41, 5.74) is 4.02. The fourth-order valence-corrected chi connectivity index (χ4v) is 3.07. The van der Waals surface area contributed by atoms with Crippen molar-refractivity contribution in [2.45, 2.75) is 25.4 Å². The Morgan fingerprint density at radius 1 is 1.05 bits per heavy atom. The summed E-state index contributed by atoms with van der Waals surface area (Å²) in [6, 6.07) is 15.8. The highest BCUT2D eigenvalue weighted by molar-refractivity contribution is 5.77. The number of aliphatic hydroxyl groups excluding tert-OH is 1. The first-order valence-electron chi connectivity index (χ1n) is 7.24. The van der Waals surface area contributed by atoms with E-state index >= 15 is 0 Å². The molecule has 0 saturated carbocycles. The summed E-state index contributed by atoms with van der Waals surface area (Å²) in [5.74, 6) is -0.522. The minimum atomic E-state index is -0.680. The van der Waals surface area contributed by atoms with Crippen LogP contribution in [-0.2, 0) is 9.53 Å². The molecule has 0 saturated heterocycles. The number of fused-ring (bicyclic) bond motifs is 3. The van der Waals surface area contributed by atoms with Crippen molar-refractivity contribution < 1.29 is 14.6 Å². The molecule has 0 fully saturated rings. The van der Waals surface area contributed by atoms with Crippen molar-refractivity contribution >= 4 is 5.97 Å². The molecule has 2 aromatic carbocycles. The number of rotatable bonds is 3. The first kappa shape index (κ1) is 13.8. The monoisotopic (exact) mass is 282 g/mol. The molecular formula is C18H18O3. The summed E-state index contributed by atoms with van der Waals surface area (Å²) >= 11 is 0. The molecule has 1 N–H and O–H groups in total. The molecule has 1 aliphatic rings. The van der Waals surface area contributed by atoms with Crippen LogP contribution in [0.25, 0.3) is 11.1 Å². The van der Waals surface area contributed by atoms with E-state index in [-0.39, 0.29) is 18.3 Å². The third kappa shape index (κ3) is 2.45. The molecule has 3 nitrogen and oxygen atoms in total. The van der Waals surface area contributed by atoms with Gasteiger partial charge in [-0.15, -0.1) is 0 Å². The smallest absolute Gasteiger partial charge is 0.306 e. The molecule has 0 aliphatic heterocycles. The minimum Gasteiger partial charge on any atom is -0.466 e. The summed E-state index contributed by atoms with van der Waals surface area (Å²) < 4.78 is 5.05. The SMILES string of the molecule is CCOC(=O)C[C@H]1c2ccccc2-c2ccccc2[C@@H]1O. The number of esters is 1. The number of aliphatic hydroxyl groups is 1. The topological polar surface area (TPSA) is 46.5 Å². The second-order valence-electron chi connectivity index (χ2n) is 5.23. The van der Waals surface area contributed by atoms with Gasteiger partial charge in [-0.05, 0) is 29.2 Å². The van der Waals surface area contributed by atoms with Crippen molar-refractivity contribution in [1.82, 2.24) is 0 Å². The summed E-state index contributed by atoms with van der Waals surface area (Å²) in [5, 5.41) is 10.7. The molecule has 21 heavy (non-hydrogen) atoms. The van der Waals surface area contributed by atoms with Gasteiger partial charge >= 0.3 is 5.97 Å². The largest absolute Gasteiger partial charge is 0.466 e. The number of ether oxygens (including phenoxy) is 1. The summed E-state index contributed by atoms with van der Waals surface area (Å²) in [7, 11) is 0. The fourth-order valence-electron chi connectivity index (χ4n) is 3.07. The average Bonchev–Trinajstić information content (AvgIpc) is 2.52. The van der Waals surface area contributed by atoms with E-state index in [2.05, 4.69) is 0 Å². The maximum atomic E-state index is 11.8. The molecular weight excluding hydrogens is 264 g/mol. The molecule has 0 radical (unpaired) electrons. The first-order chi connectivity index (χ1) is 10.2. The Balaban J connectivity index is 2.05. The summed E-state index contributed by atoms with van der Waals surface area (Å²) in [6.07, 6.45) is -0.485. The normalized spacial score (nSPS) is 19.5. The molecule has 0 bridgehead atoms. The zero-order chi connectivity index (χ0) is 14.8. The van der Waals surface area contributed by atoms with E-state index < -0.39 is 6.10 Å². The van der Waals surface area contributed by atoms with Gasteiger partial charge in [-0.2, -0.15) is 0 Å². The Kier molecular flexibility index (Phi) is 3.76. The predicted octanol–water partition coefficient (Wildman–Crippen LogP) is 3.44. The molecule has 1 aliphatic carbocycles. The standard InChI is InChI=1S/C18H18O3/c1-2-21-17(19)11-16-14-9-4-3-7-12(14)13-8-5-6-10-15(13)18(16)20/h3-10,16,18,20H,2,11H2,1H3/t16-,18-/m0/s1. The van der Waals surface area contributed by atoms with E-state index in [1.807, 2.05) is 48.5 Å². The van der Waals surface area contributed by atoms with Crippen molar-refractivity contribution in [2.75, 3.05) is 6.61 Å². The van der Waals surface area contributed by atoms with Crippen molar-refractivity contribution in [3.63, 3.8) is 0 Å². The molecule has 0 aromatic heterocycles. The van der Waals surface area contributed by atoms with Gasteiger partial charge in [-0.1, -0.05) is 48.5 Å². The van der Waals surface area contributed by atoms with E-state index in [1.165, 1.54) is 0 Å². The molecule has 0 heterocycles. The Morgan fingerprint density at radius 3 is 2.29 bits per heavy atom.